The van der Waals surface area contributed by atoms with Crippen LogP contribution in [-0.2, 0) is 4.79 Å². The Balaban J connectivity index is 2.37. The molecule has 0 aromatic carbocycles. The van der Waals surface area contributed by atoms with Crippen LogP contribution >= 0.6 is 0 Å². The van der Waals surface area contributed by atoms with Crippen LogP contribution in [0.3, 0.4) is 0 Å². The Morgan fingerprint density at radius 1 is 1.33 bits per heavy atom. The molecular formula is C11H22N2O2. The van der Waals surface area contributed by atoms with Gasteiger partial charge in [0.1, 0.15) is 0 Å². The molecule has 0 spiro atoms. The molecule has 0 radical (unpaired) electrons. The second-order valence-corrected chi connectivity index (χ2v) is 4.36. The predicted molar refractivity (Wildman–Crippen MR) is 59.6 cm³/mol. The number of carbonyl (C=O) groups excluding carboxylic acids is 1. The van der Waals surface area contributed by atoms with Crippen molar-refractivity contribution in [3.8, 4) is 0 Å². The largest absolute Gasteiger partial charge is 0.395 e. The molecule has 4 heteroatoms. The molecule has 1 aliphatic rings. The molecule has 1 rings (SSSR count). The van der Waals surface area contributed by atoms with Crippen molar-refractivity contribution in [3.63, 3.8) is 0 Å². The number of aliphatic hydroxyl groups excluding tert-OH is 1. The summed E-state index contributed by atoms with van der Waals surface area (Å²) in [5.41, 5.74) is 0. The van der Waals surface area contributed by atoms with Crippen molar-refractivity contribution < 1.29 is 9.90 Å². The number of amides is 1. The third kappa shape index (κ3) is 3.80. The van der Waals surface area contributed by atoms with Crippen LogP contribution in [0.25, 0.3) is 0 Å². The first-order chi connectivity index (χ1) is 7.15. The van der Waals surface area contributed by atoms with E-state index in [1.54, 1.807) is 0 Å². The van der Waals surface area contributed by atoms with Crippen LogP contribution in [0.15, 0.2) is 0 Å². The molecule has 0 bridgehead atoms. The van der Waals surface area contributed by atoms with Crippen molar-refractivity contribution in [1.29, 1.82) is 0 Å². The van der Waals surface area contributed by atoms with Gasteiger partial charge in [0.15, 0.2) is 0 Å². The van der Waals surface area contributed by atoms with Crippen LogP contribution in [0.2, 0.25) is 0 Å². The smallest absolute Gasteiger partial charge is 0.239 e. The third-order valence-corrected chi connectivity index (χ3v) is 2.85. The highest BCUT2D eigenvalue weighted by molar-refractivity contribution is 5.81. The van der Waals surface area contributed by atoms with E-state index in [1.165, 1.54) is 6.42 Å². The van der Waals surface area contributed by atoms with Crippen molar-refractivity contribution in [2.45, 2.75) is 45.2 Å². The number of hydrogen-bond acceptors (Lipinski definition) is 3. The fourth-order valence-electron chi connectivity index (χ4n) is 1.94. The van der Waals surface area contributed by atoms with Gasteiger partial charge in [-0.15, -0.1) is 0 Å². The molecule has 88 valence electrons. The second-order valence-electron chi connectivity index (χ2n) is 4.36. The summed E-state index contributed by atoms with van der Waals surface area (Å²) in [7, 11) is 0. The van der Waals surface area contributed by atoms with Crippen molar-refractivity contribution in [2.24, 2.45) is 0 Å². The first-order valence-corrected chi connectivity index (χ1v) is 5.81. The van der Waals surface area contributed by atoms with E-state index in [2.05, 4.69) is 5.32 Å². The molecule has 15 heavy (non-hydrogen) atoms. The lowest BCUT2D eigenvalue weighted by molar-refractivity contribution is -0.134. The van der Waals surface area contributed by atoms with Gasteiger partial charge in [0.2, 0.25) is 5.91 Å². The Morgan fingerprint density at radius 3 is 2.47 bits per heavy atom. The van der Waals surface area contributed by atoms with Gasteiger partial charge in [-0.25, -0.2) is 0 Å². The highest BCUT2D eigenvalue weighted by Crippen LogP contribution is 2.10. The molecule has 1 heterocycles. The van der Waals surface area contributed by atoms with Gasteiger partial charge in [0.05, 0.1) is 12.6 Å². The molecule has 0 aromatic heterocycles. The van der Waals surface area contributed by atoms with Crippen LogP contribution in [0.5, 0.6) is 0 Å². The Hall–Kier alpha value is -0.610. The quantitative estimate of drug-likeness (QED) is 0.710. The summed E-state index contributed by atoms with van der Waals surface area (Å²) in [6.45, 7) is 5.58. The maximum Gasteiger partial charge on any atom is 0.239 e. The molecule has 1 fully saturated rings. The van der Waals surface area contributed by atoms with Crippen molar-refractivity contribution in [1.82, 2.24) is 10.2 Å². The van der Waals surface area contributed by atoms with Crippen LogP contribution in [0.4, 0.5) is 0 Å². The van der Waals surface area contributed by atoms with E-state index in [-0.39, 0.29) is 24.6 Å². The standard InChI is InChI=1S/C11H22N2O2/c1-9(8-14)12-10(2)11(15)13-6-4-3-5-7-13/h9-10,12,14H,3-8H2,1-2H3. The fourth-order valence-corrected chi connectivity index (χ4v) is 1.94. The van der Waals surface area contributed by atoms with E-state index in [0.717, 1.165) is 25.9 Å². The second kappa shape index (κ2) is 6.08. The molecule has 0 aliphatic carbocycles. The van der Waals surface area contributed by atoms with E-state index < -0.39 is 0 Å². The number of nitrogens with one attached hydrogen (secondary N) is 1. The van der Waals surface area contributed by atoms with Crippen LogP contribution in [0.1, 0.15) is 33.1 Å². The van der Waals surface area contributed by atoms with Gasteiger partial charge in [-0.2, -0.15) is 0 Å². The number of likely N-dealkylation sites (tertiary alicyclic amines) is 1. The Bertz CT molecular complexity index is 203. The van der Waals surface area contributed by atoms with E-state index >= 15 is 0 Å². The summed E-state index contributed by atoms with van der Waals surface area (Å²) in [6, 6.07) is -0.209. The summed E-state index contributed by atoms with van der Waals surface area (Å²) >= 11 is 0. The van der Waals surface area contributed by atoms with Gasteiger partial charge in [-0.3, -0.25) is 4.79 Å². The Kier molecular flexibility index (Phi) is 5.05. The summed E-state index contributed by atoms with van der Waals surface area (Å²) < 4.78 is 0. The molecule has 1 amide bonds. The van der Waals surface area contributed by atoms with Gasteiger partial charge in [-0.05, 0) is 33.1 Å². The van der Waals surface area contributed by atoms with Gasteiger partial charge >= 0.3 is 0 Å². The minimum Gasteiger partial charge on any atom is -0.395 e. The van der Waals surface area contributed by atoms with Crippen molar-refractivity contribution >= 4 is 5.91 Å². The number of rotatable bonds is 4. The zero-order valence-electron chi connectivity index (χ0n) is 9.70. The molecule has 0 saturated carbocycles. The number of hydrogen-bond donors (Lipinski definition) is 2. The molecule has 2 N–H and O–H groups in total. The van der Waals surface area contributed by atoms with E-state index in [9.17, 15) is 4.79 Å². The Labute approximate surface area is 91.6 Å². The molecule has 4 nitrogen and oxygen atoms in total. The lowest BCUT2D eigenvalue weighted by Gasteiger charge is -2.30. The van der Waals surface area contributed by atoms with E-state index in [0.29, 0.717) is 0 Å². The summed E-state index contributed by atoms with van der Waals surface area (Å²) in [5, 5.41) is 12.0. The van der Waals surface area contributed by atoms with Gasteiger partial charge < -0.3 is 15.3 Å². The summed E-state index contributed by atoms with van der Waals surface area (Å²) in [4.78, 5) is 13.9. The molecule has 0 aromatic rings. The van der Waals surface area contributed by atoms with Gasteiger partial charge in [0, 0.05) is 19.1 Å². The lowest BCUT2D eigenvalue weighted by atomic mass is 10.1. The first-order valence-electron chi connectivity index (χ1n) is 5.81. The summed E-state index contributed by atoms with van der Waals surface area (Å²) in [6.07, 6.45) is 3.47. The molecule has 2 atom stereocenters. The maximum absolute atomic E-state index is 11.9. The topological polar surface area (TPSA) is 52.6 Å². The fraction of sp³-hybridized carbons (Fsp3) is 0.909. The highest BCUT2D eigenvalue weighted by Gasteiger charge is 2.22. The average Bonchev–Trinajstić information content (AvgIpc) is 2.29. The van der Waals surface area contributed by atoms with Crippen LogP contribution in [0, 0.1) is 0 Å². The maximum atomic E-state index is 11.9. The zero-order valence-corrected chi connectivity index (χ0v) is 9.70. The van der Waals surface area contributed by atoms with E-state index in [4.69, 9.17) is 5.11 Å². The van der Waals surface area contributed by atoms with Crippen LogP contribution in [-0.4, -0.2) is 47.7 Å². The molecule has 1 aliphatic heterocycles. The number of nitrogens with zero attached hydrogens (tertiary/aromatic N) is 1. The third-order valence-electron chi connectivity index (χ3n) is 2.85. The monoisotopic (exact) mass is 214 g/mol. The average molecular weight is 214 g/mol. The highest BCUT2D eigenvalue weighted by atomic mass is 16.3. The lowest BCUT2D eigenvalue weighted by Crippen LogP contribution is -2.49. The number of aliphatic hydroxyl groups is 1. The van der Waals surface area contributed by atoms with Crippen molar-refractivity contribution in [3.05, 3.63) is 0 Å². The molecule has 2 unspecified atom stereocenters. The van der Waals surface area contributed by atoms with Gasteiger partial charge in [-0.1, -0.05) is 0 Å². The normalized spacial score (nSPS) is 21.1. The molecular weight excluding hydrogens is 192 g/mol. The van der Waals surface area contributed by atoms with E-state index in [1.807, 2.05) is 18.7 Å². The molecule has 1 saturated heterocycles. The van der Waals surface area contributed by atoms with Gasteiger partial charge in [0.25, 0.3) is 0 Å². The number of piperidine rings is 1. The van der Waals surface area contributed by atoms with Crippen molar-refractivity contribution in [2.75, 3.05) is 19.7 Å². The number of carbonyl (C=O) groups is 1. The first kappa shape index (κ1) is 12.5. The predicted octanol–water partition coefficient (Wildman–Crippen LogP) is 0.358. The summed E-state index contributed by atoms with van der Waals surface area (Å²) in [5.74, 6) is 0.162. The zero-order chi connectivity index (χ0) is 11.3. The Morgan fingerprint density at radius 2 is 1.93 bits per heavy atom. The van der Waals surface area contributed by atoms with Crippen LogP contribution < -0.4 is 5.32 Å². The minimum atomic E-state index is -0.190. The SMILES string of the molecule is CC(CO)NC(C)C(=O)N1CCCCC1. The minimum absolute atomic E-state index is 0.0197.